The molecule has 35 heavy (non-hydrogen) atoms. The van der Waals surface area contributed by atoms with Crippen LogP contribution in [-0.4, -0.2) is 72.0 Å². The van der Waals surface area contributed by atoms with E-state index < -0.39 is 47.5 Å². The Balaban J connectivity index is 1.52. The Bertz CT molecular complexity index is 841. The molecule has 2 bridgehead atoms. The lowest BCUT2D eigenvalue weighted by atomic mass is 9.52. The van der Waals surface area contributed by atoms with Crippen molar-refractivity contribution in [2.45, 2.75) is 90.5 Å². The predicted molar refractivity (Wildman–Crippen MR) is 127 cm³/mol. The molecule has 0 amide bonds. The van der Waals surface area contributed by atoms with Crippen LogP contribution in [0.1, 0.15) is 59.8 Å². The first-order chi connectivity index (χ1) is 16.5. The van der Waals surface area contributed by atoms with Gasteiger partial charge in [-0.2, -0.15) is 0 Å². The summed E-state index contributed by atoms with van der Waals surface area (Å²) in [7, 11) is 1.46. The lowest BCUT2D eigenvalue weighted by Crippen LogP contribution is -2.58. The van der Waals surface area contributed by atoms with Crippen LogP contribution in [0.25, 0.3) is 0 Å². The number of carboxylic acid groups (broad SMARTS) is 1. The number of fused-ring (bicyclic) bond motifs is 2. The van der Waals surface area contributed by atoms with Crippen molar-refractivity contribution >= 4 is 12.3 Å². The molecule has 198 valence electrons. The first-order valence-electron chi connectivity index (χ1n) is 13.1. The van der Waals surface area contributed by atoms with Crippen molar-refractivity contribution in [2.24, 2.45) is 40.4 Å². The number of hydrogen-bond acceptors (Lipinski definition) is 7. The molecule has 3 aliphatic carbocycles. The normalized spacial score (nSPS) is 47.3. The van der Waals surface area contributed by atoms with Crippen LogP contribution in [-0.2, 0) is 23.8 Å². The molecule has 0 aromatic heterocycles. The Morgan fingerprint density at radius 3 is 2.54 bits per heavy atom. The average molecular weight is 495 g/mol. The number of aliphatic hydroxyl groups excluding tert-OH is 2. The lowest BCUT2D eigenvalue weighted by Gasteiger charge is -2.48. The van der Waals surface area contributed by atoms with E-state index in [1.54, 1.807) is 6.92 Å². The largest absolute Gasteiger partial charge is 0.481 e. The number of carbonyl (C=O) groups excluding carboxylic acids is 1. The van der Waals surface area contributed by atoms with Gasteiger partial charge in [0.2, 0.25) is 0 Å². The van der Waals surface area contributed by atoms with Crippen molar-refractivity contribution in [3.63, 3.8) is 0 Å². The summed E-state index contributed by atoms with van der Waals surface area (Å²) in [6.45, 7) is 8.27. The van der Waals surface area contributed by atoms with Gasteiger partial charge in [0.15, 0.2) is 6.29 Å². The highest BCUT2D eigenvalue weighted by molar-refractivity contribution is 5.88. The molecule has 8 nitrogen and oxygen atoms in total. The zero-order valence-electron chi connectivity index (χ0n) is 21.6. The van der Waals surface area contributed by atoms with Crippen molar-refractivity contribution in [3.05, 3.63) is 11.6 Å². The van der Waals surface area contributed by atoms with Crippen LogP contribution < -0.4 is 0 Å². The number of methoxy groups -OCH3 is 1. The molecular formula is C27H42O8. The van der Waals surface area contributed by atoms with E-state index in [9.17, 15) is 24.9 Å². The molecule has 0 aromatic carbocycles. The van der Waals surface area contributed by atoms with Crippen molar-refractivity contribution in [3.8, 4) is 0 Å². The smallest absolute Gasteiger partial charge is 0.314 e. The Kier molecular flexibility index (Phi) is 7.53. The first kappa shape index (κ1) is 26.7. The maximum atomic E-state index is 12.9. The van der Waals surface area contributed by atoms with E-state index in [0.717, 1.165) is 24.7 Å². The Labute approximate surface area is 208 Å². The van der Waals surface area contributed by atoms with Gasteiger partial charge in [0, 0.05) is 12.5 Å². The summed E-state index contributed by atoms with van der Waals surface area (Å²) in [5.74, 6) is -0.250. The molecule has 3 N–H and O–H groups in total. The highest BCUT2D eigenvalue weighted by atomic mass is 16.7. The van der Waals surface area contributed by atoms with Crippen molar-refractivity contribution in [1.29, 1.82) is 0 Å². The highest BCUT2D eigenvalue weighted by Crippen LogP contribution is 2.70. The number of rotatable bonds is 9. The van der Waals surface area contributed by atoms with E-state index in [2.05, 4.69) is 13.0 Å². The zero-order valence-corrected chi connectivity index (χ0v) is 21.6. The number of aliphatic carboxylic acids is 1. The van der Waals surface area contributed by atoms with Crippen LogP contribution in [0.3, 0.4) is 0 Å². The van der Waals surface area contributed by atoms with E-state index in [4.69, 9.17) is 14.2 Å². The molecule has 4 rings (SSSR count). The van der Waals surface area contributed by atoms with E-state index in [0.29, 0.717) is 25.2 Å². The minimum absolute atomic E-state index is 0.0401. The average Bonchev–Trinajstić information content (AvgIpc) is 3.48. The van der Waals surface area contributed by atoms with Crippen molar-refractivity contribution in [1.82, 2.24) is 0 Å². The van der Waals surface area contributed by atoms with Gasteiger partial charge in [0.1, 0.15) is 30.0 Å². The summed E-state index contributed by atoms with van der Waals surface area (Å²) in [4.78, 5) is 25.8. The van der Waals surface area contributed by atoms with Gasteiger partial charge in [0.05, 0.1) is 12.7 Å². The maximum absolute atomic E-state index is 12.9. The molecule has 3 fully saturated rings. The number of aldehydes is 1. The fraction of sp³-hybridized carbons (Fsp3) is 0.852. The molecule has 1 heterocycles. The summed E-state index contributed by atoms with van der Waals surface area (Å²) >= 11 is 0. The topological polar surface area (TPSA) is 123 Å². The second kappa shape index (κ2) is 9.86. The standard InChI is InChI=1S/C27H42O8/c1-14(2)20-10-17-11-26(13-28,27(20,12-17)25(31)32)19-7-6-15(3)18(19)8-9-34-24-22(30)21(29)23(33-5)16(4)35-24/h10,13-19,21-24,29-30H,6-9,11-12H2,1-5H3,(H,31,32)/t15?,16?,17-,18?,19?,21?,22?,23?,24?,26?,27+/m0/s1. The molecule has 8 heteroatoms. The van der Waals surface area contributed by atoms with Crippen LogP contribution in [0.5, 0.6) is 0 Å². The molecule has 4 aliphatic rings. The summed E-state index contributed by atoms with van der Waals surface area (Å²) in [6.07, 6.45) is 2.24. The van der Waals surface area contributed by atoms with Crippen LogP contribution >= 0.6 is 0 Å². The van der Waals surface area contributed by atoms with E-state index in [1.165, 1.54) is 7.11 Å². The monoisotopic (exact) mass is 494 g/mol. The molecule has 0 spiro atoms. The number of allylic oxidation sites excluding steroid dienone is 1. The molecule has 2 saturated carbocycles. The lowest BCUT2D eigenvalue weighted by molar-refractivity contribution is -0.297. The number of carbonyl (C=O) groups is 2. The SMILES string of the molecule is COC1C(C)OC(OCCC2C(C)CCC2C2(C=O)C[C@@H]3C=C(C(C)C)[C@@]2(C(=O)O)C3)C(O)C1O. The summed E-state index contributed by atoms with van der Waals surface area (Å²) in [5, 5.41) is 31.4. The van der Waals surface area contributed by atoms with Gasteiger partial charge < -0.3 is 34.3 Å². The van der Waals surface area contributed by atoms with Crippen LogP contribution in [0, 0.1) is 40.4 Å². The molecule has 0 radical (unpaired) electrons. The minimum Gasteiger partial charge on any atom is -0.481 e. The first-order valence-corrected chi connectivity index (χ1v) is 13.1. The van der Waals surface area contributed by atoms with Gasteiger partial charge >= 0.3 is 5.97 Å². The third-order valence-corrected chi connectivity index (χ3v) is 9.69. The summed E-state index contributed by atoms with van der Waals surface area (Å²) in [6, 6.07) is 0. The van der Waals surface area contributed by atoms with Crippen molar-refractivity contribution < 1.29 is 39.1 Å². The van der Waals surface area contributed by atoms with E-state index >= 15 is 0 Å². The van der Waals surface area contributed by atoms with E-state index in [1.807, 2.05) is 13.8 Å². The number of carboxylic acids is 1. The summed E-state index contributed by atoms with van der Waals surface area (Å²) in [5.41, 5.74) is -1.12. The molecule has 11 atom stereocenters. The number of ether oxygens (including phenoxy) is 3. The van der Waals surface area contributed by atoms with Crippen LogP contribution in [0.4, 0.5) is 0 Å². The van der Waals surface area contributed by atoms with Crippen molar-refractivity contribution in [2.75, 3.05) is 13.7 Å². The Hall–Kier alpha value is -1.32. The van der Waals surface area contributed by atoms with Gasteiger partial charge in [-0.15, -0.1) is 0 Å². The summed E-state index contributed by atoms with van der Waals surface area (Å²) < 4.78 is 16.9. The quantitative estimate of drug-likeness (QED) is 0.330. The Morgan fingerprint density at radius 2 is 1.94 bits per heavy atom. The molecule has 0 aromatic rings. The minimum atomic E-state index is -1.23. The molecular weight excluding hydrogens is 452 g/mol. The zero-order chi connectivity index (χ0) is 25.7. The van der Waals surface area contributed by atoms with Crippen LogP contribution in [0.15, 0.2) is 11.6 Å². The maximum Gasteiger partial charge on any atom is 0.314 e. The third-order valence-electron chi connectivity index (χ3n) is 9.69. The Morgan fingerprint density at radius 1 is 1.23 bits per heavy atom. The number of hydrogen-bond donors (Lipinski definition) is 3. The molecule has 1 saturated heterocycles. The highest BCUT2D eigenvalue weighted by Gasteiger charge is 2.71. The van der Waals surface area contributed by atoms with Gasteiger partial charge in [-0.25, -0.2) is 0 Å². The fourth-order valence-corrected chi connectivity index (χ4v) is 8.15. The second-order valence-corrected chi connectivity index (χ2v) is 11.7. The number of aliphatic hydroxyl groups is 2. The second-order valence-electron chi connectivity index (χ2n) is 11.7. The fourth-order valence-electron chi connectivity index (χ4n) is 8.15. The van der Waals surface area contributed by atoms with Gasteiger partial charge in [-0.1, -0.05) is 38.8 Å². The van der Waals surface area contributed by atoms with Gasteiger partial charge in [-0.05, 0) is 62.2 Å². The van der Waals surface area contributed by atoms with Crippen LogP contribution in [0.2, 0.25) is 0 Å². The molecule has 9 unspecified atom stereocenters. The predicted octanol–water partition coefficient (Wildman–Crippen LogP) is 2.80. The molecule has 1 aliphatic heterocycles. The third kappa shape index (κ3) is 4.00. The van der Waals surface area contributed by atoms with E-state index in [-0.39, 0.29) is 30.3 Å². The van der Waals surface area contributed by atoms with Gasteiger partial charge in [-0.3, -0.25) is 4.79 Å². The van der Waals surface area contributed by atoms with Gasteiger partial charge in [0.25, 0.3) is 0 Å².